The van der Waals surface area contributed by atoms with Crippen molar-refractivity contribution in [2.75, 3.05) is 24.6 Å². The minimum Gasteiger partial charge on any atom is -0.480 e. The van der Waals surface area contributed by atoms with Gasteiger partial charge in [-0.3, -0.25) is 0 Å². The zero-order valence-corrected chi connectivity index (χ0v) is 11.9. The van der Waals surface area contributed by atoms with Crippen LogP contribution in [0, 0.1) is 6.92 Å². The summed E-state index contributed by atoms with van der Waals surface area (Å²) in [5.41, 5.74) is 1.96. The molecule has 2 aromatic rings. The summed E-state index contributed by atoms with van der Waals surface area (Å²) in [5, 5.41) is 13.0. The average Bonchev–Trinajstić information content (AvgIpc) is 2.85. The third-order valence-electron chi connectivity index (χ3n) is 3.68. The van der Waals surface area contributed by atoms with Gasteiger partial charge in [-0.05, 0) is 25.8 Å². The fraction of sp³-hybridized carbons (Fsp3) is 0.500. The molecule has 0 amide bonds. The van der Waals surface area contributed by atoms with Crippen LogP contribution in [0.3, 0.4) is 0 Å². The quantitative estimate of drug-likeness (QED) is 0.908. The summed E-state index contributed by atoms with van der Waals surface area (Å²) in [4.78, 5) is 17.2. The third kappa shape index (κ3) is 2.97. The van der Waals surface area contributed by atoms with Crippen LogP contribution in [-0.2, 0) is 9.53 Å². The van der Waals surface area contributed by atoms with E-state index < -0.39 is 5.97 Å². The van der Waals surface area contributed by atoms with Crippen molar-refractivity contribution in [1.82, 2.24) is 14.6 Å². The van der Waals surface area contributed by atoms with Crippen LogP contribution in [0.5, 0.6) is 0 Å². The molecule has 0 atom stereocenters. The highest BCUT2D eigenvalue weighted by Gasteiger charge is 2.23. The molecule has 0 saturated carbocycles. The third-order valence-corrected chi connectivity index (χ3v) is 3.68. The van der Waals surface area contributed by atoms with Crippen molar-refractivity contribution in [3.8, 4) is 0 Å². The molecule has 7 heteroatoms. The van der Waals surface area contributed by atoms with Crippen molar-refractivity contribution in [3.05, 3.63) is 24.2 Å². The van der Waals surface area contributed by atoms with Gasteiger partial charge in [0.05, 0.1) is 11.8 Å². The van der Waals surface area contributed by atoms with Gasteiger partial charge in [0.25, 0.3) is 0 Å². The predicted octanol–water partition coefficient (Wildman–Crippen LogP) is 1.11. The molecule has 3 heterocycles. The smallest absolute Gasteiger partial charge is 0.329 e. The summed E-state index contributed by atoms with van der Waals surface area (Å²) in [7, 11) is 0. The minimum absolute atomic E-state index is 0.0173. The van der Waals surface area contributed by atoms with Gasteiger partial charge in [-0.1, -0.05) is 0 Å². The number of carboxylic acid groups (broad SMARTS) is 1. The Morgan fingerprint density at radius 2 is 2.24 bits per heavy atom. The van der Waals surface area contributed by atoms with Crippen LogP contribution in [0.4, 0.5) is 5.82 Å². The molecule has 0 unspecified atom stereocenters. The van der Waals surface area contributed by atoms with E-state index in [-0.39, 0.29) is 12.7 Å². The summed E-state index contributed by atoms with van der Waals surface area (Å²) in [6, 6.07) is 2.02. The van der Waals surface area contributed by atoms with E-state index in [1.165, 1.54) is 0 Å². The van der Waals surface area contributed by atoms with Crippen molar-refractivity contribution in [3.63, 3.8) is 0 Å². The van der Waals surface area contributed by atoms with E-state index in [4.69, 9.17) is 9.84 Å². The number of hydrogen-bond donors (Lipinski definition) is 1. The summed E-state index contributed by atoms with van der Waals surface area (Å²) < 4.78 is 7.19. The summed E-state index contributed by atoms with van der Waals surface area (Å²) in [6.45, 7) is 3.35. The molecule has 1 fully saturated rings. The van der Waals surface area contributed by atoms with Crippen LogP contribution in [0.25, 0.3) is 5.52 Å². The van der Waals surface area contributed by atoms with Gasteiger partial charge in [0.15, 0.2) is 5.82 Å². The molecule has 21 heavy (non-hydrogen) atoms. The number of hydrogen-bond acceptors (Lipinski definition) is 5. The van der Waals surface area contributed by atoms with E-state index in [9.17, 15) is 4.79 Å². The van der Waals surface area contributed by atoms with Gasteiger partial charge >= 0.3 is 5.97 Å². The van der Waals surface area contributed by atoms with Crippen molar-refractivity contribution in [2.24, 2.45) is 0 Å². The van der Waals surface area contributed by atoms with Gasteiger partial charge in [0.2, 0.25) is 0 Å². The Kier molecular flexibility index (Phi) is 3.74. The van der Waals surface area contributed by atoms with E-state index >= 15 is 0 Å². The highest BCUT2D eigenvalue weighted by Crippen LogP contribution is 2.24. The highest BCUT2D eigenvalue weighted by molar-refractivity contribution is 5.69. The Morgan fingerprint density at radius 1 is 1.48 bits per heavy atom. The van der Waals surface area contributed by atoms with Crippen molar-refractivity contribution in [1.29, 1.82) is 0 Å². The molecule has 112 valence electrons. The van der Waals surface area contributed by atoms with Crippen LogP contribution in [0.15, 0.2) is 18.5 Å². The fourth-order valence-corrected chi connectivity index (χ4v) is 2.70. The van der Waals surface area contributed by atoms with Crippen LogP contribution in [0.2, 0.25) is 0 Å². The lowest BCUT2D eigenvalue weighted by Gasteiger charge is -2.32. The molecular weight excluding hydrogens is 272 g/mol. The Labute approximate surface area is 122 Å². The zero-order valence-electron chi connectivity index (χ0n) is 11.9. The number of aliphatic carboxylic acids is 1. The monoisotopic (exact) mass is 290 g/mol. The van der Waals surface area contributed by atoms with E-state index in [0.717, 1.165) is 43.0 Å². The molecular formula is C14H18N4O3. The maximum atomic E-state index is 10.5. The molecule has 1 aliphatic rings. The number of piperidine rings is 1. The lowest BCUT2D eigenvalue weighted by molar-refractivity contribution is -0.144. The molecule has 0 bridgehead atoms. The number of rotatable bonds is 4. The van der Waals surface area contributed by atoms with E-state index in [1.807, 2.05) is 23.7 Å². The topological polar surface area (TPSA) is 80.0 Å². The van der Waals surface area contributed by atoms with E-state index in [0.29, 0.717) is 0 Å². The first-order valence-corrected chi connectivity index (χ1v) is 7.03. The first-order valence-electron chi connectivity index (χ1n) is 7.03. The Morgan fingerprint density at radius 3 is 2.95 bits per heavy atom. The van der Waals surface area contributed by atoms with Crippen molar-refractivity contribution in [2.45, 2.75) is 25.9 Å². The van der Waals surface area contributed by atoms with Gasteiger partial charge in [-0.2, -0.15) is 5.10 Å². The molecule has 2 aromatic heterocycles. The number of aromatic nitrogens is 3. The predicted molar refractivity (Wildman–Crippen MR) is 76.5 cm³/mol. The lowest BCUT2D eigenvalue weighted by Crippen LogP contribution is -2.38. The minimum atomic E-state index is -0.918. The SMILES string of the molecule is Cc1cc2c(N3CCC(OCC(=O)O)CC3)nccn2n1. The summed E-state index contributed by atoms with van der Waals surface area (Å²) in [5.74, 6) is 0.00776. The second kappa shape index (κ2) is 5.69. The number of aryl methyl sites for hydroxylation is 1. The second-order valence-electron chi connectivity index (χ2n) is 5.26. The number of anilines is 1. The number of carbonyl (C=O) groups is 1. The normalized spacial score (nSPS) is 16.5. The molecule has 1 aliphatic heterocycles. The molecule has 0 radical (unpaired) electrons. The lowest BCUT2D eigenvalue weighted by atomic mass is 10.1. The van der Waals surface area contributed by atoms with Crippen molar-refractivity contribution >= 4 is 17.3 Å². The number of nitrogens with zero attached hydrogens (tertiary/aromatic N) is 4. The molecule has 7 nitrogen and oxygen atoms in total. The van der Waals surface area contributed by atoms with Gasteiger partial charge in [-0.25, -0.2) is 14.3 Å². The van der Waals surface area contributed by atoms with Gasteiger partial charge in [0.1, 0.15) is 12.1 Å². The number of ether oxygens (including phenoxy) is 1. The average molecular weight is 290 g/mol. The number of fused-ring (bicyclic) bond motifs is 1. The Hall–Kier alpha value is -2.15. The van der Waals surface area contributed by atoms with E-state index in [1.54, 1.807) is 6.20 Å². The van der Waals surface area contributed by atoms with Crippen molar-refractivity contribution < 1.29 is 14.6 Å². The van der Waals surface area contributed by atoms with Crippen LogP contribution in [-0.4, -0.2) is 51.5 Å². The Balaban J connectivity index is 1.69. The molecule has 1 saturated heterocycles. The maximum absolute atomic E-state index is 10.5. The first-order chi connectivity index (χ1) is 10.1. The number of carboxylic acids is 1. The first kappa shape index (κ1) is 13.8. The highest BCUT2D eigenvalue weighted by atomic mass is 16.5. The maximum Gasteiger partial charge on any atom is 0.329 e. The standard InChI is InChI=1S/C14H18N4O3/c1-10-8-12-14(15-4-7-18(12)16-10)17-5-2-11(3-6-17)21-9-13(19)20/h4,7-8,11H,2-3,5-6,9H2,1H3,(H,19,20). The van der Waals surface area contributed by atoms with Gasteiger partial charge < -0.3 is 14.7 Å². The molecule has 1 N–H and O–H groups in total. The molecule has 0 aromatic carbocycles. The summed E-state index contributed by atoms with van der Waals surface area (Å²) >= 11 is 0. The summed E-state index contributed by atoms with van der Waals surface area (Å²) in [6.07, 6.45) is 5.23. The molecule has 3 rings (SSSR count). The van der Waals surface area contributed by atoms with Crippen LogP contribution < -0.4 is 4.90 Å². The van der Waals surface area contributed by atoms with Crippen LogP contribution in [0.1, 0.15) is 18.5 Å². The largest absolute Gasteiger partial charge is 0.480 e. The van der Waals surface area contributed by atoms with Gasteiger partial charge in [-0.15, -0.1) is 0 Å². The molecule has 0 spiro atoms. The van der Waals surface area contributed by atoms with E-state index in [2.05, 4.69) is 15.0 Å². The van der Waals surface area contributed by atoms with Gasteiger partial charge in [0, 0.05) is 25.5 Å². The molecule has 0 aliphatic carbocycles. The van der Waals surface area contributed by atoms with Crippen LogP contribution >= 0.6 is 0 Å². The Bertz CT molecular complexity index is 647. The zero-order chi connectivity index (χ0) is 14.8. The second-order valence-corrected chi connectivity index (χ2v) is 5.26. The fourth-order valence-electron chi connectivity index (χ4n) is 2.70.